The maximum atomic E-state index is 12.4. The highest BCUT2D eigenvalue weighted by molar-refractivity contribution is 7.92. The normalized spacial score (nSPS) is 11.8. The van der Waals surface area contributed by atoms with Crippen LogP contribution in [0.3, 0.4) is 0 Å². The van der Waals surface area contributed by atoms with E-state index in [4.69, 9.17) is 11.6 Å². The van der Waals surface area contributed by atoms with Crippen molar-refractivity contribution in [2.45, 2.75) is 31.3 Å². The van der Waals surface area contributed by atoms with Crippen LogP contribution in [-0.4, -0.2) is 14.5 Å². The van der Waals surface area contributed by atoms with E-state index in [-0.39, 0.29) is 9.92 Å². The zero-order valence-electron chi connectivity index (χ0n) is 11.8. The van der Waals surface area contributed by atoms with Gasteiger partial charge in [0.2, 0.25) is 0 Å². The molecule has 0 fully saturated rings. The first kappa shape index (κ1) is 16.3. The summed E-state index contributed by atoms with van der Waals surface area (Å²) in [6.45, 7) is 4.66. The van der Waals surface area contributed by atoms with Gasteiger partial charge in [-0.25, -0.2) is 8.42 Å². The van der Waals surface area contributed by atoms with Crippen LogP contribution in [0.1, 0.15) is 19.4 Å². The van der Waals surface area contributed by atoms with Crippen molar-refractivity contribution in [3.05, 3.63) is 45.6 Å². The molecule has 1 aromatic heterocycles. The topological polar surface area (TPSA) is 58.2 Å². The van der Waals surface area contributed by atoms with Crippen molar-refractivity contribution in [1.82, 2.24) is 5.32 Å². The quantitative estimate of drug-likeness (QED) is 0.840. The van der Waals surface area contributed by atoms with Gasteiger partial charge >= 0.3 is 0 Å². The third kappa shape index (κ3) is 4.44. The molecule has 21 heavy (non-hydrogen) atoms. The second-order valence-electron chi connectivity index (χ2n) is 4.92. The van der Waals surface area contributed by atoms with Crippen LogP contribution in [0.5, 0.6) is 0 Å². The van der Waals surface area contributed by atoms with Gasteiger partial charge < -0.3 is 5.32 Å². The Morgan fingerprint density at radius 3 is 2.67 bits per heavy atom. The van der Waals surface area contributed by atoms with Gasteiger partial charge in [0.1, 0.15) is 4.90 Å². The highest BCUT2D eigenvalue weighted by Gasteiger charge is 2.19. The summed E-state index contributed by atoms with van der Waals surface area (Å²) in [5, 5.41) is 7.00. The molecule has 0 saturated heterocycles. The standard InChI is InChI=1S/C14H17ClN2O2S2/c1-10(2)16-8-11-3-4-13(15)14(7-11)21(18,19)17-12-5-6-20-9-12/h3-7,9-10,16-17H,8H2,1-2H3. The zero-order valence-corrected chi connectivity index (χ0v) is 14.1. The van der Waals surface area contributed by atoms with Crippen LogP contribution >= 0.6 is 22.9 Å². The molecule has 0 saturated carbocycles. The molecule has 0 aliphatic rings. The average Bonchev–Trinajstić information content (AvgIpc) is 2.89. The third-order valence-electron chi connectivity index (χ3n) is 2.77. The summed E-state index contributed by atoms with van der Waals surface area (Å²) < 4.78 is 27.3. The van der Waals surface area contributed by atoms with Crippen LogP contribution in [0, 0.1) is 0 Å². The van der Waals surface area contributed by atoms with Crippen molar-refractivity contribution < 1.29 is 8.42 Å². The molecule has 2 rings (SSSR count). The lowest BCUT2D eigenvalue weighted by Gasteiger charge is -2.12. The molecule has 0 spiro atoms. The Balaban J connectivity index is 2.27. The fourth-order valence-electron chi connectivity index (χ4n) is 1.72. The first-order valence-corrected chi connectivity index (χ1v) is 9.26. The van der Waals surface area contributed by atoms with Crippen molar-refractivity contribution in [2.24, 2.45) is 0 Å². The van der Waals surface area contributed by atoms with Crippen LogP contribution in [0.25, 0.3) is 0 Å². The van der Waals surface area contributed by atoms with E-state index in [0.717, 1.165) is 5.56 Å². The number of sulfonamides is 1. The van der Waals surface area contributed by atoms with E-state index in [1.165, 1.54) is 11.3 Å². The minimum Gasteiger partial charge on any atom is -0.310 e. The Hall–Kier alpha value is -1.08. The lowest BCUT2D eigenvalue weighted by molar-refractivity contribution is 0.587. The van der Waals surface area contributed by atoms with E-state index < -0.39 is 10.0 Å². The fourth-order valence-corrected chi connectivity index (χ4v) is 3.98. The Morgan fingerprint density at radius 1 is 1.29 bits per heavy atom. The van der Waals surface area contributed by atoms with Crippen molar-refractivity contribution in [3.63, 3.8) is 0 Å². The fraction of sp³-hybridized carbons (Fsp3) is 0.286. The molecule has 7 heteroatoms. The molecule has 0 amide bonds. The van der Waals surface area contributed by atoms with Crippen LogP contribution in [0.2, 0.25) is 5.02 Å². The second-order valence-corrected chi connectivity index (χ2v) is 7.76. The number of hydrogen-bond acceptors (Lipinski definition) is 4. The van der Waals surface area contributed by atoms with Gasteiger partial charge in [-0.2, -0.15) is 11.3 Å². The Kier molecular flexibility index (Phi) is 5.27. The van der Waals surface area contributed by atoms with Gasteiger partial charge in [0, 0.05) is 18.0 Å². The third-order valence-corrected chi connectivity index (χ3v) is 5.32. The zero-order chi connectivity index (χ0) is 15.5. The number of hydrogen-bond donors (Lipinski definition) is 2. The van der Waals surface area contributed by atoms with Crippen molar-refractivity contribution in [3.8, 4) is 0 Å². The van der Waals surface area contributed by atoms with Crippen molar-refractivity contribution in [2.75, 3.05) is 4.72 Å². The Labute approximate surface area is 134 Å². The first-order valence-electron chi connectivity index (χ1n) is 6.45. The van der Waals surface area contributed by atoms with Gasteiger partial charge in [0.15, 0.2) is 0 Å². The van der Waals surface area contributed by atoms with E-state index in [2.05, 4.69) is 10.0 Å². The molecular formula is C14H17ClN2O2S2. The van der Waals surface area contributed by atoms with E-state index in [1.807, 2.05) is 25.3 Å². The number of nitrogens with one attached hydrogen (secondary N) is 2. The molecule has 2 aromatic rings. The number of rotatable bonds is 6. The molecule has 1 heterocycles. The summed E-state index contributed by atoms with van der Waals surface area (Å²) >= 11 is 7.47. The first-order chi connectivity index (χ1) is 9.88. The van der Waals surface area contributed by atoms with Crippen molar-refractivity contribution >= 4 is 38.6 Å². The molecule has 0 bridgehead atoms. The van der Waals surface area contributed by atoms with Crippen molar-refractivity contribution in [1.29, 1.82) is 0 Å². The van der Waals surface area contributed by atoms with E-state index in [1.54, 1.807) is 23.6 Å². The van der Waals surface area contributed by atoms with Crippen LogP contribution < -0.4 is 10.0 Å². The van der Waals surface area contributed by atoms with Gasteiger partial charge in [-0.05, 0) is 29.1 Å². The number of thiophene rings is 1. The van der Waals surface area contributed by atoms with E-state index >= 15 is 0 Å². The van der Waals surface area contributed by atoms with Gasteiger partial charge in [0.05, 0.1) is 10.7 Å². The molecule has 0 aliphatic carbocycles. The molecule has 0 aliphatic heterocycles. The average molecular weight is 345 g/mol. The Morgan fingerprint density at radius 2 is 2.05 bits per heavy atom. The lowest BCUT2D eigenvalue weighted by Crippen LogP contribution is -2.22. The highest BCUT2D eigenvalue weighted by atomic mass is 35.5. The number of anilines is 1. The smallest absolute Gasteiger partial charge is 0.263 e. The summed E-state index contributed by atoms with van der Waals surface area (Å²) in [4.78, 5) is 0.0958. The largest absolute Gasteiger partial charge is 0.310 e. The molecule has 0 radical (unpaired) electrons. The van der Waals surface area contributed by atoms with Gasteiger partial charge in [-0.1, -0.05) is 31.5 Å². The van der Waals surface area contributed by atoms with E-state index in [9.17, 15) is 8.42 Å². The summed E-state index contributed by atoms with van der Waals surface area (Å²) in [5.74, 6) is 0. The molecule has 0 atom stereocenters. The molecule has 0 unspecified atom stereocenters. The molecule has 1 aromatic carbocycles. The molecule has 4 nitrogen and oxygen atoms in total. The summed E-state index contributed by atoms with van der Waals surface area (Å²) in [5.41, 5.74) is 1.42. The Bertz CT molecular complexity index is 698. The van der Waals surface area contributed by atoms with Crippen LogP contribution in [0.15, 0.2) is 39.9 Å². The molecule has 114 valence electrons. The second kappa shape index (κ2) is 6.79. The maximum Gasteiger partial charge on any atom is 0.263 e. The summed E-state index contributed by atoms with van der Waals surface area (Å²) in [6, 6.07) is 7.07. The SMILES string of the molecule is CC(C)NCc1ccc(Cl)c(S(=O)(=O)Nc2ccsc2)c1. The predicted molar refractivity (Wildman–Crippen MR) is 88.6 cm³/mol. The monoisotopic (exact) mass is 344 g/mol. The van der Waals surface area contributed by atoms with Gasteiger partial charge in [-0.3, -0.25) is 4.72 Å². The number of benzene rings is 1. The molecular weight excluding hydrogens is 328 g/mol. The lowest BCUT2D eigenvalue weighted by atomic mass is 10.2. The molecule has 2 N–H and O–H groups in total. The highest BCUT2D eigenvalue weighted by Crippen LogP contribution is 2.25. The van der Waals surface area contributed by atoms with Gasteiger partial charge in [-0.15, -0.1) is 0 Å². The number of halogens is 1. The van der Waals surface area contributed by atoms with Gasteiger partial charge in [0.25, 0.3) is 10.0 Å². The summed E-state index contributed by atoms with van der Waals surface area (Å²) in [6.07, 6.45) is 0. The summed E-state index contributed by atoms with van der Waals surface area (Å²) in [7, 11) is -3.68. The predicted octanol–water partition coefficient (Wildman–Crippen LogP) is 3.70. The minimum absolute atomic E-state index is 0.0958. The van der Waals surface area contributed by atoms with E-state index in [0.29, 0.717) is 18.3 Å². The van der Waals surface area contributed by atoms with Crippen LogP contribution in [-0.2, 0) is 16.6 Å². The minimum atomic E-state index is -3.68. The van der Waals surface area contributed by atoms with Crippen LogP contribution in [0.4, 0.5) is 5.69 Å². The maximum absolute atomic E-state index is 12.4.